The molecule has 1 heterocycles. The summed E-state index contributed by atoms with van der Waals surface area (Å²) in [6.45, 7) is 1.36. The predicted molar refractivity (Wildman–Crippen MR) is 114 cm³/mol. The smallest absolute Gasteiger partial charge is 0.323 e. The maximum Gasteiger partial charge on any atom is 0.323 e. The lowest BCUT2D eigenvalue weighted by molar-refractivity contribution is -0.155. The van der Waals surface area contributed by atoms with Crippen LogP contribution >= 0.6 is 0 Å². The maximum absolute atomic E-state index is 13.6. The van der Waals surface area contributed by atoms with Crippen LogP contribution in [0.3, 0.4) is 0 Å². The van der Waals surface area contributed by atoms with E-state index >= 15 is 0 Å². The summed E-state index contributed by atoms with van der Waals surface area (Å²) >= 11 is 0. The van der Waals surface area contributed by atoms with Crippen molar-refractivity contribution in [1.82, 2.24) is 0 Å². The van der Waals surface area contributed by atoms with Crippen LogP contribution in [-0.4, -0.2) is 42.3 Å². The molecule has 1 amide bonds. The number of ether oxygens (including phenoxy) is 2. The van der Waals surface area contributed by atoms with E-state index in [0.29, 0.717) is 23.8 Å². The predicted octanol–water partition coefficient (Wildman–Crippen LogP) is 2.94. The molecule has 0 radical (unpaired) electrons. The van der Waals surface area contributed by atoms with Crippen LogP contribution in [-0.2, 0) is 19.1 Å². The van der Waals surface area contributed by atoms with E-state index in [1.807, 2.05) is 0 Å². The van der Waals surface area contributed by atoms with Crippen LogP contribution in [0, 0.1) is 17.8 Å². The number of anilines is 1. The molecule has 31 heavy (non-hydrogen) atoms. The lowest BCUT2D eigenvalue weighted by Crippen LogP contribution is -2.51. The van der Waals surface area contributed by atoms with Crippen molar-refractivity contribution in [2.45, 2.75) is 58.1 Å². The van der Waals surface area contributed by atoms with E-state index in [-0.39, 0.29) is 6.61 Å². The molecule has 1 aromatic rings. The standard InChI is InChI=1S/C23H32N2O6/c1-2-30-23(29)16(13-12-15-8-4-3-5-9-15)20-21(24)31-18-11-7-6-10-17(18)25(22(20)28)14-19(26)27/h6-7,10-11,15-16,20-21H,2-5,8-9,12-14,24H2,1H3,(H,26,27)/t16?,20-,21?/m0/s1. The Kier molecular flexibility index (Phi) is 7.90. The Bertz CT molecular complexity index is 792. The molecule has 8 nitrogen and oxygen atoms in total. The van der Waals surface area contributed by atoms with Crippen LogP contribution in [0.2, 0.25) is 0 Å². The first kappa shape index (κ1) is 23.1. The number of nitrogens with two attached hydrogens (primary N) is 1. The first-order valence-corrected chi connectivity index (χ1v) is 11.1. The summed E-state index contributed by atoms with van der Waals surface area (Å²) in [5.74, 6) is -3.17. The Morgan fingerprint density at radius 2 is 1.97 bits per heavy atom. The zero-order valence-electron chi connectivity index (χ0n) is 18.0. The van der Waals surface area contributed by atoms with Crippen LogP contribution in [0.5, 0.6) is 5.75 Å². The van der Waals surface area contributed by atoms with Gasteiger partial charge in [-0.1, -0.05) is 44.2 Å². The molecule has 170 valence electrons. The summed E-state index contributed by atoms with van der Waals surface area (Å²) in [7, 11) is 0. The van der Waals surface area contributed by atoms with Crippen LogP contribution < -0.4 is 15.4 Å². The van der Waals surface area contributed by atoms with Gasteiger partial charge in [-0.3, -0.25) is 25.0 Å². The van der Waals surface area contributed by atoms with E-state index in [1.165, 1.54) is 19.3 Å². The van der Waals surface area contributed by atoms with Gasteiger partial charge >= 0.3 is 11.9 Å². The highest BCUT2D eigenvalue weighted by Crippen LogP contribution is 2.38. The second kappa shape index (κ2) is 10.6. The number of amides is 1. The number of benzene rings is 1. The summed E-state index contributed by atoms with van der Waals surface area (Å²) in [6, 6.07) is 6.68. The average molecular weight is 433 g/mol. The Labute approximate surface area is 182 Å². The zero-order chi connectivity index (χ0) is 22.4. The van der Waals surface area contributed by atoms with Crippen LogP contribution in [0.25, 0.3) is 0 Å². The number of hydrogen-bond donors (Lipinski definition) is 2. The molecule has 8 heteroatoms. The Hall–Kier alpha value is -2.61. The second-order valence-electron chi connectivity index (χ2n) is 8.33. The molecule has 2 aliphatic rings. The lowest BCUT2D eigenvalue weighted by Gasteiger charge is -2.31. The normalized spacial score (nSPS) is 22.8. The van der Waals surface area contributed by atoms with Gasteiger partial charge < -0.3 is 14.6 Å². The molecular formula is C23H32N2O6. The van der Waals surface area contributed by atoms with Gasteiger partial charge in [-0.05, 0) is 37.8 Å². The number of hydrogen-bond acceptors (Lipinski definition) is 6. The molecule has 3 atom stereocenters. The fourth-order valence-corrected chi connectivity index (χ4v) is 4.72. The molecule has 3 rings (SSSR count). The van der Waals surface area contributed by atoms with Gasteiger partial charge in [-0.2, -0.15) is 0 Å². The highest BCUT2D eigenvalue weighted by atomic mass is 16.5. The lowest BCUT2D eigenvalue weighted by atomic mass is 9.80. The third kappa shape index (κ3) is 5.55. The number of fused-ring (bicyclic) bond motifs is 1. The maximum atomic E-state index is 13.6. The summed E-state index contributed by atoms with van der Waals surface area (Å²) < 4.78 is 11.2. The highest BCUT2D eigenvalue weighted by Gasteiger charge is 2.45. The summed E-state index contributed by atoms with van der Waals surface area (Å²) in [5.41, 5.74) is 6.63. The van der Waals surface area contributed by atoms with Gasteiger partial charge in [0.25, 0.3) is 0 Å². The molecule has 1 aromatic carbocycles. The van der Waals surface area contributed by atoms with Gasteiger partial charge in [0.15, 0.2) is 6.23 Å². The van der Waals surface area contributed by atoms with Crippen molar-refractivity contribution in [3.05, 3.63) is 24.3 Å². The molecule has 2 unspecified atom stereocenters. The number of carboxylic acids is 1. The first-order chi connectivity index (χ1) is 14.9. The van der Waals surface area contributed by atoms with Gasteiger partial charge in [0.1, 0.15) is 18.2 Å². The number of nitrogens with zero attached hydrogens (tertiary/aromatic N) is 1. The van der Waals surface area contributed by atoms with Crippen molar-refractivity contribution in [2.24, 2.45) is 23.5 Å². The molecule has 0 aromatic heterocycles. The molecule has 1 aliphatic carbocycles. The first-order valence-electron chi connectivity index (χ1n) is 11.1. The quantitative estimate of drug-likeness (QED) is 0.606. The van der Waals surface area contributed by atoms with Crippen molar-refractivity contribution in [3.8, 4) is 5.75 Å². The topological polar surface area (TPSA) is 119 Å². The van der Waals surface area contributed by atoms with Crippen molar-refractivity contribution in [1.29, 1.82) is 0 Å². The number of para-hydroxylation sites is 2. The molecule has 0 bridgehead atoms. The SMILES string of the molecule is CCOC(=O)C(CCC1CCCCC1)[C@@H]1C(=O)N(CC(=O)O)c2ccccc2OC1N. The summed E-state index contributed by atoms with van der Waals surface area (Å²) in [5, 5.41) is 9.40. The molecular weight excluding hydrogens is 400 g/mol. The Balaban J connectivity index is 1.91. The molecule has 1 saturated carbocycles. The average Bonchev–Trinajstić information content (AvgIpc) is 2.84. The largest absolute Gasteiger partial charge is 0.480 e. The van der Waals surface area contributed by atoms with Gasteiger partial charge in [0, 0.05) is 0 Å². The van der Waals surface area contributed by atoms with E-state index < -0.39 is 42.5 Å². The number of carboxylic acid groups (broad SMARTS) is 1. The third-order valence-electron chi connectivity index (χ3n) is 6.25. The van der Waals surface area contributed by atoms with Crippen molar-refractivity contribution in [2.75, 3.05) is 18.1 Å². The number of aliphatic carboxylic acids is 1. The van der Waals surface area contributed by atoms with Crippen molar-refractivity contribution in [3.63, 3.8) is 0 Å². The molecule has 1 fully saturated rings. The van der Waals surface area contributed by atoms with Gasteiger partial charge in [-0.25, -0.2) is 0 Å². The van der Waals surface area contributed by atoms with Gasteiger partial charge in [0.2, 0.25) is 5.91 Å². The van der Waals surface area contributed by atoms with Crippen molar-refractivity contribution >= 4 is 23.5 Å². The number of carbonyl (C=O) groups is 3. The van der Waals surface area contributed by atoms with Crippen LogP contribution in [0.15, 0.2) is 24.3 Å². The zero-order valence-corrected chi connectivity index (χ0v) is 18.0. The fourth-order valence-electron chi connectivity index (χ4n) is 4.72. The van der Waals surface area contributed by atoms with Crippen LogP contribution in [0.1, 0.15) is 51.9 Å². The summed E-state index contributed by atoms with van der Waals surface area (Å²) in [4.78, 5) is 39.1. The van der Waals surface area contributed by atoms with E-state index in [0.717, 1.165) is 24.2 Å². The van der Waals surface area contributed by atoms with E-state index in [4.69, 9.17) is 15.2 Å². The molecule has 0 saturated heterocycles. The minimum atomic E-state index is -1.16. The number of esters is 1. The van der Waals surface area contributed by atoms with E-state index in [1.54, 1.807) is 31.2 Å². The van der Waals surface area contributed by atoms with Crippen molar-refractivity contribution < 1.29 is 29.0 Å². The number of carbonyl (C=O) groups excluding carboxylic acids is 2. The molecule has 0 spiro atoms. The second-order valence-corrected chi connectivity index (χ2v) is 8.33. The third-order valence-corrected chi connectivity index (χ3v) is 6.25. The Morgan fingerprint density at radius 3 is 2.65 bits per heavy atom. The summed E-state index contributed by atoms with van der Waals surface area (Å²) in [6.07, 6.45) is 6.00. The minimum absolute atomic E-state index is 0.189. The molecule has 1 aliphatic heterocycles. The van der Waals surface area contributed by atoms with Gasteiger partial charge in [0.05, 0.1) is 18.2 Å². The number of rotatable bonds is 8. The monoisotopic (exact) mass is 432 g/mol. The van der Waals surface area contributed by atoms with E-state index in [9.17, 15) is 19.5 Å². The van der Waals surface area contributed by atoms with E-state index in [2.05, 4.69) is 0 Å². The Morgan fingerprint density at radius 1 is 1.26 bits per heavy atom. The fraction of sp³-hybridized carbons (Fsp3) is 0.609. The van der Waals surface area contributed by atoms with Gasteiger partial charge in [-0.15, -0.1) is 0 Å². The molecule has 3 N–H and O–H groups in total. The van der Waals surface area contributed by atoms with Crippen LogP contribution in [0.4, 0.5) is 5.69 Å². The minimum Gasteiger partial charge on any atom is -0.480 e. The highest BCUT2D eigenvalue weighted by molar-refractivity contribution is 6.02.